The molecule has 1 aromatic rings. The number of nitrogens with zero attached hydrogens (tertiary/aromatic N) is 2. The highest BCUT2D eigenvalue weighted by Crippen LogP contribution is 2.37. The van der Waals surface area contributed by atoms with Gasteiger partial charge in [-0.3, -0.25) is 4.79 Å². The molecule has 1 aromatic heterocycles. The van der Waals surface area contributed by atoms with Crippen LogP contribution in [-0.2, 0) is 14.8 Å². The van der Waals surface area contributed by atoms with Gasteiger partial charge >= 0.3 is 5.97 Å². The smallest absolute Gasteiger partial charge is 0.307 e. The number of carbonyl (C=O) groups is 1. The molecule has 3 rings (SSSR count). The van der Waals surface area contributed by atoms with Crippen LogP contribution in [0, 0.1) is 12.8 Å². The van der Waals surface area contributed by atoms with Gasteiger partial charge < -0.3 is 9.63 Å². The number of aryl methyl sites for hydroxylation is 1. The van der Waals surface area contributed by atoms with Crippen LogP contribution < -0.4 is 0 Å². The molecule has 1 N–H and O–H groups in total. The summed E-state index contributed by atoms with van der Waals surface area (Å²) in [6.07, 6.45) is 2.25. The molecule has 0 radical (unpaired) electrons. The molecule has 8 heteroatoms. The topological polar surface area (TPSA) is 101 Å². The number of sulfonamides is 1. The van der Waals surface area contributed by atoms with Crippen LogP contribution in [0.5, 0.6) is 0 Å². The molecule has 0 spiro atoms. The molecule has 2 heterocycles. The predicted molar refractivity (Wildman–Crippen MR) is 77.9 cm³/mol. The van der Waals surface area contributed by atoms with Crippen LogP contribution in [0.15, 0.2) is 10.6 Å². The number of piperidine rings is 1. The number of hydrogen-bond acceptors (Lipinski definition) is 5. The molecule has 0 bridgehead atoms. The van der Waals surface area contributed by atoms with Crippen molar-refractivity contribution >= 4 is 16.0 Å². The Bertz CT molecular complexity index is 661. The molecule has 0 aromatic carbocycles. The van der Waals surface area contributed by atoms with Crippen molar-refractivity contribution in [1.29, 1.82) is 0 Å². The van der Waals surface area contributed by atoms with Gasteiger partial charge in [-0.05, 0) is 32.6 Å². The largest absolute Gasteiger partial charge is 0.481 e. The van der Waals surface area contributed by atoms with Gasteiger partial charge in [-0.15, -0.1) is 0 Å². The summed E-state index contributed by atoms with van der Waals surface area (Å²) in [7, 11) is -3.51. The highest BCUT2D eigenvalue weighted by Gasteiger charge is 2.48. The van der Waals surface area contributed by atoms with E-state index in [2.05, 4.69) is 5.16 Å². The van der Waals surface area contributed by atoms with Crippen LogP contribution in [-0.4, -0.2) is 47.3 Å². The van der Waals surface area contributed by atoms with Gasteiger partial charge in [0, 0.05) is 25.1 Å². The van der Waals surface area contributed by atoms with Crippen LogP contribution in [0.3, 0.4) is 0 Å². The molecule has 0 amide bonds. The lowest BCUT2D eigenvalue weighted by Crippen LogP contribution is -2.51. The Balaban J connectivity index is 1.64. The summed E-state index contributed by atoms with van der Waals surface area (Å²) in [6, 6.07) is 1.89. The van der Waals surface area contributed by atoms with Crippen molar-refractivity contribution in [2.45, 2.75) is 43.8 Å². The number of aliphatic carboxylic acids is 1. The first-order chi connectivity index (χ1) is 10.4. The Hall–Kier alpha value is -1.41. The summed E-state index contributed by atoms with van der Waals surface area (Å²) in [5, 5.41) is 12.2. The fraction of sp³-hybridized carbons (Fsp3) is 0.714. The second-order valence-electron chi connectivity index (χ2n) is 6.15. The molecule has 2 atom stereocenters. The van der Waals surface area contributed by atoms with Crippen LogP contribution in [0.1, 0.15) is 43.1 Å². The van der Waals surface area contributed by atoms with Crippen molar-refractivity contribution < 1.29 is 22.8 Å². The first-order valence-electron chi connectivity index (χ1n) is 7.54. The minimum atomic E-state index is -3.51. The van der Waals surface area contributed by atoms with E-state index in [9.17, 15) is 13.2 Å². The van der Waals surface area contributed by atoms with Crippen LogP contribution >= 0.6 is 0 Å². The van der Waals surface area contributed by atoms with Crippen molar-refractivity contribution in [3.05, 3.63) is 17.5 Å². The molecule has 1 saturated heterocycles. The molecule has 1 aliphatic carbocycles. The Morgan fingerprint density at radius 1 is 1.32 bits per heavy atom. The Kier molecular flexibility index (Phi) is 3.98. The normalized spacial score (nSPS) is 27.5. The van der Waals surface area contributed by atoms with E-state index in [0.717, 1.165) is 11.5 Å². The highest BCUT2D eigenvalue weighted by molar-refractivity contribution is 7.89. The SMILES string of the molecule is Cc1cc(C2CCN(S(=O)(=O)C3CCC3C(=O)O)CC2)on1. The van der Waals surface area contributed by atoms with Crippen LogP contribution in [0.4, 0.5) is 0 Å². The van der Waals surface area contributed by atoms with E-state index in [1.165, 1.54) is 4.31 Å². The van der Waals surface area contributed by atoms with Gasteiger partial charge in [-0.1, -0.05) is 5.16 Å². The summed E-state index contributed by atoms with van der Waals surface area (Å²) < 4.78 is 31.8. The number of hydrogen-bond donors (Lipinski definition) is 1. The second kappa shape index (κ2) is 5.66. The van der Waals surface area contributed by atoms with Gasteiger partial charge in [0.15, 0.2) is 0 Å². The Morgan fingerprint density at radius 2 is 2.00 bits per heavy atom. The molecule has 7 nitrogen and oxygen atoms in total. The minimum absolute atomic E-state index is 0.185. The molecule has 1 saturated carbocycles. The standard InChI is InChI=1S/C14H20N2O5S/c1-9-8-12(21-15-9)10-4-6-16(7-5-10)22(19,20)13-3-2-11(13)14(17)18/h8,10-11,13H,2-7H2,1H3,(H,17,18). The zero-order valence-electron chi connectivity index (χ0n) is 12.4. The van der Waals surface area contributed by atoms with Gasteiger partial charge in [0.25, 0.3) is 0 Å². The number of rotatable bonds is 4. The number of carboxylic acids is 1. The predicted octanol–water partition coefficient (Wildman–Crippen LogP) is 1.36. The molecule has 1 aliphatic heterocycles. The van der Waals surface area contributed by atoms with Gasteiger partial charge in [-0.25, -0.2) is 12.7 Å². The maximum Gasteiger partial charge on any atom is 0.307 e. The van der Waals surface area contributed by atoms with Gasteiger partial charge in [-0.2, -0.15) is 0 Å². The molecule has 22 heavy (non-hydrogen) atoms. The summed E-state index contributed by atoms with van der Waals surface area (Å²) >= 11 is 0. The summed E-state index contributed by atoms with van der Waals surface area (Å²) in [6.45, 7) is 2.68. The first-order valence-corrected chi connectivity index (χ1v) is 9.05. The van der Waals surface area contributed by atoms with E-state index in [1.807, 2.05) is 13.0 Å². The lowest BCUT2D eigenvalue weighted by molar-refractivity contribution is -0.144. The van der Waals surface area contributed by atoms with E-state index in [1.54, 1.807) is 0 Å². The Morgan fingerprint density at radius 3 is 2.45 bits per heavy atom. The average Bonchev–Trinajstić information content (AvgIpc) is 2.83. The van der Waals surface area contributed by atoms with Crippen molar-refractivity contribution in [2.24, 2.45) is 5.92 Å². The lowest BCUT2D eigenvalue weighted by atomic mass is 9.85. The van der Waals surface area contributed by atoms with E-state index >= 15 is 0 Å². The molecule has 2 fully saturated rings. The second-order valence-corrected chi connectivity index (χ2v) is 8.30. The monoisotopic (exact) mass is 328 g/mol. The van der Waals surface area contributed by atoms with Gasteiger partial charge in [0.05, 0.1) is 16.9 Å². The first kappa shape index (κ1) is 15.5. The van der Waals surface area contributed by atoms with E-state index < -0.39 is 27.2 Å². The summed E-state index contributed by atoms with van der Waals surface area (Å²) in [5.74, 6) is -0.766. The van der Waals surface area contributed by atoms with Crippen LogP contribution in [0.25, 0.3) is 0 Å². The summed E-state index contributed by atoms with van der Waals surface area (Å²) in [5.41, 5.74) is 0.823. The van der Waals surface area contributed by atoms with Crippen molar-refractivity contribution in [1.82, 2.24) is 9.46 Å². The molecule has 2 unspecified atom stereocenters. The highest BCUT2D eigenvalue weighted by atomic mass is 32.2. The fourth-order valence-electron chi connectivity index (χ4n) is 3.27. The number of carboxylic acid groups (broad SMARTS) is 1. The van der Waals surface area contributed by atoms with Gasteiger partial charge in [0.1, 0.15) is 5.76 Å². The minimum Gasteiger partial charge on any atom is -0.481 e. The maximum absolute atomic E-state index is 12.6. The molecule has 122 valence electrons. The lowest BCUT2D eigenvalue weighted by Gasteiger charge is -2.39. The number of aromatic nitrogens is 1. The quantitative estimate of drug-likeness (QED) is 0.895. The van der Waals surface area contributed by atoms with E-state index in [-0.39, 0.29) is 5.92 Å². The van der Waals surface area contributed by atoms with Crippen molar-refractivity contribution in [3.63, 3.8) is 0 Å². The third-order valence-corrected chi connectivity index (χ3v) is 7.19. The van der Waals surface area contributed by atoms with Gasteiger partial charge in [0.2, 0.25) is 10.0 Å². The fourth-order valence-corrected chi connectivity index (χ4v) is 5.47. The zero-order chi connectivity index (χ0) is 15.9. The zero-order valence-corrected chi connectivity index (χ0v) is 13.3. The third-order valence-electron chi connectivity index (χ3n) is 4.77. The van der Waals surface area contributed by atoms with E-state index in [4.69, 9.17) is 9.63 Å². The average molecular weight is 328 g/mol. The maximum atomic E-state index is 12.6. The molecule has 2 aliphatic rings. The van der Waals surface area contributed by atoms with Crippen LogP contribution in [0.2, 0.25) is 0 Å². The van der Waals surface area contributed by atoms with Crippen molar-refractivity contribution in [2.75, 3.05) is 13.1 Å². The van der Waals surface area contributed by atoms with Crippen molar-refractivity contribution in [3.8, 4) is 0 Å². The Labute approximate surface area is 129 Å². The molecular weight excluding hydrogens is 308 g/mol. The summed E-state index contributed by atoms with van der Waals surface area (Å²) in [4.78, 5) is 11.1. The van der Waals surface area contributed by atoms with E-state index in [0.29, 0.717) is 38.8 Å². The molecular formula is C14H20N2O5S. The third kappa shape index (κ3) is 2.65.